The third kappa shape index (κ3) is 3.17. The second kappa shape index (κ2) is 5.26. The summed E-state index contributed by atoms with van der Waals surface area (Å²) in [6.45, 7) is 2.54. The minimum Gasteiger partial charge on any atom is -0.316 e. The third-order valence-corrected chi connectivity index (χ3v) is 4.89. The largest absolute Gasteiger partial charge is 0.316 e. The van der Waals surface area contributed by atoms with E-state index in [4.69, 9.17) is 0 Å². The summed E-state index contributed by atoms with van der Waals surface area (Å²) in [5.41, 5.74) is 0. The highest BCUT2D eigenvalue weighted by Gasteiger charge is 2.18. The first-order chi connectivity index (χ1) is 6.45. The first kappa shape index (κ1) is 9.85. The molecule has 1 unspecified atom stereocenters. The van der Waals surface area contributed by atoms with Crippen LogP contribution >= 0.6 is 11.8 Å². The zero-order valence-corrected chi connectivity index (χ0v) is 9.24. The highest BCUT2D eigenvalue weighted by atomic mass is 32.2. The van der Waals surface area contributed by atoms with Gasteiger partial charge in [0.05, 0.1) is 0 Å². The molecule has 2 rings (SSSR count). The molecule has 13 heavy (non-hydrogen) atoms. The van der Waals surface area contributed by atoms with Crippen LogP contribution in [0.2, 0.25) is 0 Å². The van der Waals surface area contributed by atoms with Gasteiger partial charge in [-0.2, -0.15) is 11.8 Å². The van der Waals surface area contributed by atoms with E-state index in [9.17, 15) is 0 Å². The van der Waals surface area contributed by atoms with E-state index in [-0.39, 0.29) is 0 Å². The molecule has 1 aliphatic heterocycles. The van der Waals surface area contributed by atoms with Crippen LogP contribution in [0.15, 0.2) is 0 Å². The molecule has 1 nitrogen and oxygen atoms in total. The van der Waals surface area contributed by atoms with E-state index < -0.39 is 0 Å². The number of hydrogen-bond donors (Lipinski definition) is 1. The fourth-order valence-electron chi connectivity index (χ4n) is 2.36. The molecule has 1 saturated carbocycles. The molecule has 1 saturated heterocycles. The van der Waals surface area contributed by atoms with Crippen LogP contribution < -0.4 is 5.32 Å². The Bertz CT molecular complexity index is 137. The van der Waals surface area contributed by atoms with E-state index in [1.54, 1.807) is 0 Å². The summed E-state index contributed by atoms with van der Waals surface area (Å²) in [6.07, 6.45) is 8.86. The van der Waals surface area contributed by atoms with Crippen LogP contribution in [-0.2, 0) is 0 Å². The Balaban J connectivity index is 1.60. The van der Waals surface area contributed by atoms with Crippen molar-refractivity contribution in [2.24, 2.45) is 5.92 Å². The van der Waals surface area contributed by atoms with Gasteiger partial charge in [0.25, 0.3) is 0 Å². The van der Waals surface area contributed by atoms with Crippen LogP contribution in [0.1, 0.15) is 38.5 Å². The molecule has 1 aliphatic carbocycles. The summed E-state index contributed by atoms with van der Waals surface area (Å²) < 4.78 is 0. The second-order valence-corrected chi connectivity index (χ2v) is 5.79. The number of thioether (sulfide) groups is 1. The van der Waals surface area contributed by atoms with E-state index in [2.05, 4.69) is 17.1 Å². The monoisotopic (exact) mass is 199 g/mol. The van der Waals surface area contributed by atoms with Crippen LogP contribution in [0.3, 0.4) is 0 Å². The van der Waals surface area contributed by atoms with E-state index in [1.807, 2.05) is 0 Å². The smallest absolute Gasteiger partial charge is 0.00471 e. The molecule has 0 spiro atoms. The van der Waals surface area contributed by atoms with Crippen LogP contribution in [-0.4, -0.2) is 24.1 Å². The molecule has 2 aliphatic rings. The average molecular weight is 199 g/mol. The molecule has 76 valence electrons. The highest BCUT2D eigenvalue weighted by molar-refractivity contribution is 7.99. The van der Waals surface area contributed by atoms with Crippen LogP contribution in [0.4, 0.5) is 0 Å². The molecule has 0 aromatic heterocycles. The lowest BCUT2D eigenvalue weighted by Crippen LogP contribution is -2.14. The van der Waals surface area contributed by atoms with Gasteiger partial charge in [-0.05, 0) is 44.0 Å². The summed E-state index contributed by atoms with van der Waals surface area (Å²) in [6, 6.07) is 0. The van der Waals surface area contributed by atoms with E-state index in [0.29, 0.717) is 0 Å². The van der Waals surface area contributed by atoms with Crippen molar-refractivity contribution in [1.29, 1.82) is 0 Å². The molecule has 2 heteroatoms. The zero-order valence-electron chi connectivity index (χ0n) is 8.43. The van der Waals surface area contributed by atoms with Crippen LogP contribution in [0, 0.1) is 5.92 Å². The van der Waals surface area contributed by atoms with Gasteiger partial charge in [-0.3, -0.25) is 0 Å². The highest BCUT2D eigenvalue weighted by Crippen LogP contribution is 2.30. The lowest BCUT2D eigenvalue weighted by molar-refractivity contribution is 0.514. The molecule has 1 N–H and O–H groups in total. The molecule has 0 aromatic rings. The first-order valence-electron chi connectivity index (χ1n) is 5.77. The normalized spacial score (nSPS) is 30.9. The standard InChI is InChI=1S/C11H21NS/c1-2-4-11(5-3-1)13-9-10-6-7-12-8-10/h10-12H,1-9H2. The van der Waals surface area contributed by atoms with Crippen molar-refractivity contribution in [3.05, 3.63) is 0 Å². The fourth-order valence-corrected chi connectivity index (χ4v) is 3.86. The van der Waals surface area contributed by atoms with Gasteiger partial charge < -0.3 is 5.32 Å². The molecule has 1 atom stereocenters. The summed E-state index contributed by atoms with van der Waals surface area (Å²) in [4.78, 5) is 0. The van der Waals surface area contributed by atoms with Gasteiger partial charge in [0.2, 0.25) is 0 Å². The maximum absolute atomic E-state index is 3.45. The Labute approximate surface area is 86.0 Å². The Morgan fingerprint density at radius 1 is 1.08 bits per heavy atom. The van der Waals surface area contributed by atoms with Gasteiger partial charge in [0, 0.05) is 5.25 Å². The minimum absolute atomic E-state index is 0.979. The predicted octanol–water partition coefficient (Wildman–Crippen LogP) is 2.66. The number of rotatable bonds is 3. The topological polar surface area (TPSA) is 12.0 Å². The summed E-state index contributed by atoms with van der Waals surface area (Å²) in [5.74, 6) is 2.39. The average Bonchev–Trinajstić information content (AvgIpc) is 2.69. The van der Waals surface area contributed by atoms with Gasteiger partial charge in [0.1, 0.15) is 0 Å². The van der Waals surface area contributed by atoms with Gasteiger partial charge >= 0.3 is 0 Å². The van der Waals surface area contributed by atoms with E-state index >= 15 is 0 Å². The summed E-state index contributed by atoms with van der Waals surface area (Å²) in [7, 11) is 0. The molecule has 1 heterocycles. The summed E-state index contributed by atoms with van der Waals surface area (Å²) in [5, 5.41) is 4.46. The van der Waals surface area contributed by atoms with E-state index in [1.165, 1.54) is 57.4 Å². The lowest BCUT2D eigenvalue weighted by Gasteiger charge is -2.22. The predicted molar refractivity (Wildman–Crippen MR) is 60.3 cm³/mol. The van der Waals surface area contributed by atoms with Crippen LogP contribution in [0.5, 0.6) is 0 Å². The quantitative estimate of drug-likeness (QED) is 0.750. The maximum atomic E-state index is 3.45. The number of hydrogen-bond acceptors (Lipinski definition) is 2. The van der Waals surface area contributed by atoms with E-state index in [0.717, 1.165) is 11.2 Å². The fraction of sp³-hybridized carbons (Fsp3) is 1.00. The van der Waals surface area contributed by atoms with Gasteiger partial charge in [-0.25, -0.2) is 0 Å². The van der Waals surface area contributed by atoms with Crippen molar-refractivity contribution < 1.29 is 0 Å². The molecule has 0 radical (unpaired) electrons. The van der Waals surface area contributed by atoms with Crippen molar-refractivity contribution in [2.75, 3.05) is 18.8 Å². The molecular weight excluding hydrogens is 178 g/mol. The van der Waals surface area contributed by atoms with Crippen molar-refractivity contribution in [3.8, 4) is 0 Å². The zero-order chi connectivity index (χ0) is 8.93. The number of nitrogens with one attached hydrogen (secondary N) is 1. The first-order valence-corrected chi connectivity index (χ1v) is 6.82. The Morgan fingerprint density at radius 2 is 1.92 bits per heavy atom. The van der Waals surface area contributed by atoms with Gasteiger partial charge in [-0.15, -0.1) is 0 Å². The lowest BCUT2D eigenvalue weighted by atomic mass is 10.0. The molecular formula is C11H21NS. The van der Waals surface area contributed by atoms with Crippen molar-refractivity contribution in [3.63, 3.8) is 0 Å². The Morgan fingerprint density at radius 3 is 2.62 bits per heavy atom. The van der Waals surface area contributed by atoms with Crippen molar-refractivity contribution in [1.82, 2.24) is 5.32 Å². The Hall–Kier alpha value is 0.310. The molecule has 0 aromatic carbocycles. The molecule has 0 bridgehead atoms. The SMILES string of the molecule is C1CCC(SCC2CCNC2)CC1. The Kier molecular flexibility index (Phi) is 3.98. The maximum Gasteiger partial charge on any atom is 0.00471 e. The van der Waals surface area contributed by atoms with Gasteiger partial charge in [-0.1, -0.05) is 19.3 Å². The van der Waals surface area contributed by atoms with Gasteiger partial charge in [0.15, 0.2) is 0 Å². The molecule has 2 fully saturated rings. The minimum atomic E-state index is 0.979. The van der Waals surface area contributed by atoms with Crippen LogP contribution in [0.25, 0.3) is 0 Å². The van der Waals surface area contributed by atoms with Crippen molar-refractivity contribution in [2.45, 2.75) is 43.8 Å². The third-order valence-electron chi connectivity index (χ3n) is 3.28. The molecule has 0 amide bonds. The van der Waals surface area contributed by atoms with Crippen molar-refractivity contribution >= 4 is 11.8 Å². The summed E-state index contributed by atoms with van der Waals surface area (Å²) >= 11 is 2.25. The second-order valence-electron chi connectivity index (χ2n) is 4.45.